The highest BCUT2D eigenvalue weighted by Gasteiger charge is 2.49. The maximum atomic E-state index is 12.3. The molecule has 1 aliphatic carbocycles. The summed E-state index contributed by atoms with van der Waals surface area (Å²) in [7, 11) is 0. The van der Waals surface area contributed by atoms with Gasteiger partial charge in [-0.05, 0) is 13.0 Å². The zero-order valence-corrected chi connectivity index (χ0v) is 11.6. The molecule has 1 N–H and O–H groups in total. The van der Waals surface area contributed by atoms with Crippen LogP contribution in [0.25, 0.3) is 0 Å². The van der Waals surface area contributed by atoms with Crippen molar-refractivity contribution in [1.29, 1.82) is 0 Å². The fourth-order valence-electron chi connectivity index (χ4n) is 2.58. The van der Waals surface area contributed by atoms with Gasteiger partial charge in [-0.1, -0.05) is 13.0 Å². The molecule has 106 valence electrons. The number of amides is 2. The van der Waals surface area contributed by atoms with E-state index in [9.17, 15) is 9.59 Å². The number of likely N-dealkylation sites (N-methyl/N-ethyl adjacent to an activating group) is 1. The third-order valence-corrected chi connectivity index (χ3v) is 4.00. The molecule has 2 fully saturated rings. The van der Waals surface area contributed by atoms with Crippen LogP contribution in [0.5, 0.6) is 0 Å². The van der Waals surface area contributed by atoms with Crippen LogP contribution in [-0.4, -0.2) is 60.9 Å². The number of rotatable bonds is 5. The number of carbonyl (C=O) groups is 2. The molecule has 1 saturated carbocycles. The molecule has 0 aromatic rings. The van der Waals surface area contributed by atoms with Gasteiger partial charge in [0.05, 0.1) is 11.8 Å². The molecule has 1 saturated heterocycles. The Morgan fingerprint density at radius 1 is 1.26 bits per heavy atom. The molecule has 2 atom stereocenters. The lowest BCUT2D eigenvalue weighted by Crippen LogP contribution is -2.49. The van der Waals surface area contributed by atoms with Crippen molar-refractivity contribution >= 4 is 11.8 Å². The van der Waals surface area contributed by atoms with Crippen molar-refractivity contribution in [2.75, 3.05) is 39.3 Å². The first-order valence-corrected chi connectivity index (χ1v) is 7.07. The molecule has 2 amide bonds. The van der Waals surface area contributed by atoms with Gasteiger partial charge < -0.3 is 15.1 Å². The van der Waals surface area contributed by atoms with Gasteiger partial charge in [-0.25, -0.2) is 0 Å². The summed E-state index contributed by atoms with van der Waals surface area (Å²) in [5, 5.41) is 2.76. The average molecular weight is 265 g/mol. The molecule has 1 heterocycles. The number of nitrogens with one attached hydrogen (secondary N) is 1. The van der Waals surface area contributed by atoms with E-state index in [2.05, 4.69) is 23.7 Å². The molecule has 2 rings (SSSR count). The standard InChI is InChI=1S/C14H23N3O2/c1-3-5-15-13(18)11-10-12(11)14(19)17-8-6-16(4-2)7-9-17/h3,11-12H,1,4-10H2,2H3,(H,15,18). The predicted molar refractivity (Wildman–Crippen MR) is 73.5 cm³/mol. The fourth-order valence-corrected chi connectivity index (χ4v) is 2.58. The summed E-state index contributed by atoms with van der Waals surface area (Å²) < 4.78 is 0. The molecule has 0 aromatic carbocycles. The van der Waals surface area contributed by atoms with Gasteiger partial charge in [-0.2, -0.15) is 0 Å². The quantitative estimate of drug-likeness (QED) is 0.717. The highest BCUT2D eigenvalue weighted by molar-refractivity contribution is 5.92. The zero-order chi connectivity index (χ0) is 13.8. The van der Waals surface area contributed by atoms with Gasteiger partial charge in [0.15, 0.2) is 0 Å². The Balaban J connectivity index is 1.76. The molecule has 19 heavy (non-hydrogen) atoms. The normalized spacial score (nSPS) is 26.9. The van der Waals surface area contributed by atoms with E-state index in [1.165, 1.54) is 0 Å². The molecule has 0 radical (unpaired) electrons. The Morgan fingerprint density at radius 2 is 1.95 bits per heavy atom. The SMILES string of the molecule is C=CCNC(=O)C1CC1C(=O)N1CCN(CC)CC1. The molecular formula is C14H23N3O2. The average Bonchev–Trinajstić information content (AvgIpc) is 3.24. The maximum absolute atomic E-state index is 12.3. The van der Waals surface area contributed by atoms with Crippen molar-refractivity contribution in [2.45, 2.75) is 13.3 Å². The van der Waals surface area contributed by atoms with Gasteiger partial charge in [0.25, 0.3) is 0 Å². The van der Waals surface area contributed by atoms with Gasteiger partial charge in [0.1, 0.15) is 0 Å². The first-order valence-electron chi connectivity index (χ1n) is 7.07. The van der Waals surface area contributed by atoms with E-state index in [1.807, 2.05) is 4.90 Å². The van der Waals surface area contributed by atoms with Crippen LogP contribution in [-0.2, 0) is 9.59 Å². The lowest BCUT2D eigenvalue weighted by molar-refractivity contribution is -0.136. The minimum Gasteiger partial charge on any atom is -0.352 e. The van der Waals surface area contributed by atoms with Crippen LogP contribution in [0.2, 0.25) is 0 Å². The van der Waals surface area contributed by atoms with E-state index >= 15 is 0 Å². The number of hydrogen-bond donors (Lipinski definition) is 1. The summed E-state index contributed by atoms with van der Waals surface area (Å²) >= 11 is 0. The lowest BCUT2D eigenvalue weighted by atomic mass is 10.2. The lowest BCUT2D eigenvalue weighted by Gasteiger charge is -2.34. The maximum Gasteiger partial charge on any atom is 0.226 e. The van der Waals surface area contributed by atoms with Gasteiger partial charge in [0.2, 0.25) is 11.8 Å². The Labute approximate surface area is 114 Å². The predicted octanol–water partition coefficient (Wildman–Crippen LogP) is 0.0888. The summed E-state index contributed by atoms with van der Waals surface area (Å²) in [6, 6.07) is 0. The third kappa shape index (κ3) is 3.35. The Bertz CT molecular complexity index is 362. The van der Waals surface area contributed by atoms with Crippen molar-refractivity contribution in [3.63, 3.8) is 0 Å². The van der Waals surface area contributed by atoms with Gasteiger partial charge in [-0.3, -0.25) is 9.59 Å². The molecule has 5 nitrogen and oxygen atoms in total. The van der Waals surface area contributed by atoms with Gasteiger partial charge in [-0.15, -0.1) is 6.58 Å². The molecule has 0 aromatic heterocycles. The van der Waals surface area contributed by atoms with E-state index in [0.717, 1.165) is 32.7 Å². The first-order chi connectivity index (χ1) is 9.17. The number of carbonyl (C=O) groups excluding carboxylic acids is 2. The van der Waals surface area contributed by atoms with Crippen molar-refractivity contribution in [1.82, 2.24) is 15.1 Å². The van der Waals surface area contributed by atoms with Crippen LogP contribution < -0.4 is 5.32 Å². The van der Waals surface area contributed by atoms with E-state index in [1.54, 1.807) is 6.08 Å². The fraction of sp³-hybridized carbons (Fsp3) is 0.714. The molecule has 2 unspecified atom stereocenters. The number of piperazine rings is 1. The molecule has 0 spiro atoms. The topological polar surface area (TPSA) is 52.7 Å². The Hall–Kier alpha value is -1.36. The first kappa shape index (κ1) is 14.1. The summed E-state index contributed by atoms with van der Waals surface area (Å²) in [4.78, 5) is 28.2. The molecule has 2 aliphatic rings. The van der Waals surface area contributed by atoms with E-state index in [4.69, 9.17) is 0 Å². The molecule has 5 heteroatoms. The Morgan fingerprint density at radius 3 is 2.53 bits per heavy atom. The molecule has 0 bridgehead atoms. The molecular weight excluding hydrogens is 242 g/mol. The second-order valence-corrected chi connectivity index (χ2v) is 5.24. The third-order valence-electron chi connectivity index (χ3n) is 4.00. The van der Waals surface area contributed by atoms with E-state index < -0.39 is 0 Å². The van der Waals surface area contributed by atoms with Crippen molar-refractivity contribution in [3.05, 3.63) is 12.7 Å². The second-order valence-electron chi connectivity index (χ2n) is 5.24. The van der Waals surface area contributed by atoms with Crippen molar-refractivity contribution < 1.29 is 9.59 Å². The summed E-state index contributed by atoms with van der Waals surface area (Å²) in [5.41, 5.74) is 0. The van der Waals surface area contributed by atoms with Crippen LogP contribution >= 0.6 is 0 Å². The zero-order valence-electron chi connectivity index (χ0n) is 11.6. The van der Waals surface area contributed by atoms with Gasteiger partial charge >= 0.3 is 0 Å². The summed E-state index contributed by atoms with van der Waals surface area (Å²) in [6.07, 6.45) is 2.36. The van der Waals surface area contributed by atoms with Crippen LogP contribution in [0.15, 0.2) is 12.7 Å². The van der Waals surface area contributed by atoms with Crippen LogP contribution in [0.1, 0.15) is 13.3 Å². The monoisotopic (exact) mass is 265 g/mol. The van der Waals surface area contributed by atoms with Crippen LogP contribution in [0.4, 0.5) is 0 Å². The van der Waals surface area contributed by atoms with Crippen molar-refractivity contribution in [3.8, 4) is 0 Å². The van der Waals surface area contributed by atoms with Gasteiger partial charge in [0, 0.05) is 32.7 Å². The minimum atomic E-state index is -0.114. The summed E-state index contributed by atoms with van der Waals surface area (Å²) in [6.45, 7) is 10.7. The van der Waals surface area contributed by atoms with Crippen molar-refractivity contribution in [2.24, 2.45) is 11.8 Å². The Kier molecular flexibility index (Phi) is 4.58. The summed E-state index contributed by atoms with van der Waals surface area (Å²) in [5.74, 6) is -0.0467. The molecule has 1 aliphatic heterocycles. The van der Waals surface area contributed by atoms with E-state index in [0.29, 0.717) is 13.0 Å². The number of nitrogens with zero attached hydrogens (tertiary/aromatic N) is 2. The number of hydrogen-bond acceptors (Lipinski definition) is 3. The largest absolute Gasteiger partial charge is 0.352 e. The van der Waals surface area contributed by atoms with E-state index in [-0.39, 0.29) is 23.7 Å². The van der Waals surface area contributed by atoms with Crippen LogP contribution in [0, 0.1) is 11.8 Å². The highest BCUT2D eigenvalue weighted by atomic mass is 16.2. The second kappa shape index (κ2) is 6.19. The highest BCUT2D eigenvalue weighted by Crippen LogP contribution is 2.40. The smallest absolute Gasteiger partial charge is 0.226 e. The minimum absolute atomic E-state index is 0.00885. The van der Waals surface area contributed by atoms with Crippen LogP contribution in [0.3, 0.4) is 0 Å².